The number of nitro benzene ring substituents is 1. The van der Waals surface area contributed by atoms with Gasteiger partial charge in [-0.25, -0.2) is 0 Å². The van der Waals surface area contributed by atoms with Crippen molar-refractivity contribution in [3.05, 3.63) is 28.3 Å². The van der Waals surface area contributed by atoms with E-state index in [4.69, 9.17) is 4.74 Å². The van der Waals surface area contributed by atoms with Crippen molar-refractivity contribution >= 4 is 17.3 Å². The lowest BCUT2D eigenvalue weighted by Crippen LogP contribution is -2.37. The Morgan fingerprint density at radius 3 is 2.57 bits per heavy atom. The minimum atomic E-state index is -0.550. The summed E-state index contributed by atoms with van der Waals surface area (Å²) in [6.45, 7) is 6.50. The van der Waals surface area contributed by atoms with E-state index in [1.807, 2.05) is 20.8 Å². The van der Waals surface area contributed by atoms with Gasteiger partial charge in [-0.1, -0.05) is 0 Å². The molecule has 21 heavy (non-hydrogen) atoms. The minimum absolute atomic E-state index is 0.0770. The molecule has 0 atom stereocenters. The van der Waals surface area contributed by atoms with Crippen molar-refractivity contribution < 1.29 is 14.5 Å². The largest absolute Gasteiger partial charge is 0.496 e. The highest BCUT2D eigenvalue weighted by Gasteiger charge is 2.17. The minimum Gasteiger partial charge on any atom is -0.496 e. The molecule has 0 saturated carbocycles. The zero-order valence-corrected chi connectivity index (χ0v) is 12.7. The summed E-state index contributed by atoms with van der Waals surface area (Å²) in [7, 11) is 1.43. The molecular weight excluding hydrogens is 274 g/mol. The lowest BCUT2D eigenvalue weighted by Gasteiger charge is -2.20. The van der Waals surface area contributed by atoms with E-state index in [0.29, 0.717) is 12.3 Å². The molecule has 7 nitrogen and oxygen atoms in total. The van der Waals surface area contributed by atoms with Gasteiger partial charge in [-0.15, -0.1) is 0 Å². The fourth-order valence-corrected chi connectivity index (χ4v) is 1.66. The van der Waals surface area contributed by atoms with Gasteiger partial charge in [0.15, 0.2) is 0 Å². The second kappa shape index (κ2) is 7.03. The Balaban J connectivity index is 2.69. The van der Waals surface area contributed by atoms with Gasteiger partial charge in [0.2, 0.25) is 5.91 Å². The third-order valence-electron chi connectivity index (χ3n) is 2.68. The summed E-state index contributed by atoms with van der Waals surface area (Å²) in [5.74, 6) is 0.0918. The lowest BCUT2D eigenvalue weighted by molar-refractivity contribution is -0.384. The van der Waals surface area contributed by atoms with E-state index in [9.17, 15) is 14.9 Å². The number of carbonyl (C=O) groups is 1. The molecule has 1 aromatic rings. The van der Waals surface area contributed by atoms with Gasteiger partial charge in [0.25, 0.3) is 5.69 Å². The highest BCUT2D eigenvalue weighted by molar-refractivity contribution is 5.93. The summed E-state index contributed by atoms with van der Waals surface area (Å²) in [6, 6.07) is 4.31. The monoisotopic (exact) mass is 295 g/mol. The first kappa shape index (κ1) is 16.9. The first-order chi connectivity index (χ1) is 9.73. The second-order valence-corrected chi connectivity index (χ2v) is 5.62. The standard InChI is InChI=1S/C14H21N3O4/c1-14(2,3)15-8-7-13(18)16-11-6-5-10(21-4)9-12(11)17(19)20/h5-6,9,15H,7-8H2,1-4H3,(H,16,18). The molecule has 0 bridgehead atoms. The Morgan fingerprint density at radius 2 is 2.05 bits per heavy atom. The molecule has 116 valence electrons. The Labute approximate surface area is 123 Å². The predicted octanol–water partition coefficient (Wildman–Crippen LogP) is 2.32. The van der Waals surface area contributed by atoms with E-state index in [1.54, 1.807) is 6.07 Å². The van der Waals surface area contributed by atoms with Crippen LogP contribution in [0.15, 0.2) is 18.2 Å². The van der Waals surface area contributed by atoms with Crippen LogP contribution in [0.1, 0.15) is 27.2 Å². The van der Waals surface area contributed by atoms with Gasteiger partial charge in [-0.05, 0) is 32.9 Å². The van der Waals surface area contributed by atoms with Gasteiger partial charge < -0.3 is 15.4 Å². The quantitative estimate of drug-likeness (QED) is 0.620. The Hall–Kier alpha value is -2.15. The van der Waals surface area contributed by atoms with Gasteiger partial charge in [0, 0.05) is 18.5 Å². The number of anilines is 1. The third-order valence-corrected chi connectivity index (χ3v) is 2.68. The molecule has 0 unspecified atom stereocenters. The number of benzene rings is 1. The fourth-order valence-electron chi connectivity index (χ4n) is 1.66. The van der Waals surface area contributed by atoms with Crippen LogP contribution in [0.5, 0.6) is 5.75 Å². The van der Waals surface area contributed by atoms with Crippen LogP contribution < -0.4 is 15.4 Å². The maximum atomic E-state index is 11.8. The summed E-state index contributed by atoms with van der Waals surface area (Å²) in [5, 5.41) is 16.7. The molecule has 0 spiro atoms. The number of hydrogen-bond donors (Lipinski definition) is 2. The van der Waals surface area contributed by atoms with Crippen LogP contribution in [0, 0.1) is 10.1 Å². The van der Waals surface area contributed by atoms with Crippen molar-refractivity contribution in [2.24, 2.45) is 0 Å². The summed E-state index contributed by atoms with van der Waals surface area (Å²) in [4.78, 5) is 22.3. The third kappa shape index (κ3) is 5.78. The molecule has 0 aromatic heterocycles. The molecule has 1 amide bonds. The van der Waals surface area contributed by atoms with E-state index in [1.165, 1.54) is 19.2 Å². The van der Waals surface area contributed by atoms with Crippen LogP contribution in [-0.2, 0) is 4.79 Å². The molecule has 1 rings (SSSR count). The van der Waals surface area contributed by atoms with Gasteiger partial charge in [0.1, 0.15) is 11.4 Å². The molecule has 1 aromatic carbocycles. The van der Waals surface area contributed by atoms with E-state index in [2.05, 4.69) is 10.6 Å². The molecule has 0 heterocycles. The van der Waals surface area contributed by atoms with Crippen LogP contribution in [0.4, 0.5) is 11.4 Å². The van der Waals surface area contributed by atoms with E-state index in [-0.39, 0.29) is 29.2 Å². The van der Waals surface area contributed by atoms with Gasteiger partial charge >= 0.3 is 0 Å². The number of nitrogens with one attached hydrogen (secondary N) is 2. The predicted molar refractivity (Wildman–Crippen MR) is 80.7 cm³/mol. The van der Waals surface area contributed by atoms with Gasteiger partial charge in [-0.3, -0.25) is 14.9 Å². The SMILES string of the molecule is COc1ccc(NC(=O)CCNC(C)(C)C)c([N+](=O)[O-])c1. The maximum absolute atomic E-state index is 11.8. The number of carbonyl (C=O) groups excluding carboxylic acids is 1. The molecular formula is C14H21N3O4. The number of nitro groups is 1. The van der Waals surface area contributed by atoms with E-state index in [0.717, 1.165) is 0 Å². The molecule has 0 saturated heterocycles. The van der Waals surface area contributed by atoms with Crippen LogP contribution in [0.2, 0.25) is 0 Å². The average Bonchev–Trinajstić information content (AvgIpc) is 2.37. The number of nitrogens with zero attached hydrogens (tertiary/aromatic N) is 1. The molecule has 2 N–H and O–H groups in total. The number of hydrogen-bond acceptors (Lipinski definition) is 5. The lowest BCUT2D eigenvalue weighted by atomic mass is 10.1. The van der Waals surface area contributed by atoms with Crippen molar-refractivity contribution in [3.63, 3.8) is 0 Å². The summed E-state index contributed by atoms with van der Waals surface area (Å²) >= 11 is 0. The molecule has 0 aliphatic heterocycles. The number of methoxy groups -OCH3 is 1. The number of ether oxygens (including phenoxy) is 1. The highest BCUT2D eigenvalue weighted by Crippen LogP contribution is 2.28. The average molecular weight is 295 g/mol. The summed E-state index contributed by atoms with van der Waals surface area (Å²) in [6.07, 6.45) is 0.237. The molecule has 0 aliphatic carbocycles. The van der Waals surface area contributed by atoms with Crippen molar-refractivity contribution in [1.82, 2.24) is 5.32 Å². The first-order valence-corrected chi connectivity index (χ1v) is 6.60. The molecule has 0 aliphatic rings. The summed E-state index contributed by atoms with van der Waals surface area (Å²) in [5.41, 5.74) is -0.0973. The smallest absolute Gasteiger partial charge is 0.296 e. The zero-order valence-electron chi connectivity index (χ0n) is 12.7. The normalized spacial score (nSPS) is 11.0. The molecule has 0 radical (unpaired) electrons. The van der Waals surface area contributed by atoms with Crippen molar-refractivity contribution in [2.75, 3.05) is 19.0 Å². The maximum Gasteiger partial charge on any atom is 0.296 e. The Kier molecular flexibility index (Phi) is 5.66. The van der Waals surface area contributed by atoms with E-state index < -0.39 is 4.92 Å². The first-order valence-electron chi connectivity index (χ1n) is 6.60. The Bertz CT molecular complexity index is 523. The van der Waals surface area contributed by atoms with Crippen molar-refractivity contribution in [3.8, 4) is 5.75 Å². The van der Waals surface area contributed by atoms with E-state index >= 15 is 0 Å². The van der Waals surface area contributed by atoms with Crippen LogP contribution in [0.25, 0.3) is 0 Å². The summed E-state index contributed by atoms with van der Waals surface area (Å²) < 4.78 is 4.94. The van der Waals surface area contributed by atoms with Crippen molar-refractivity contribution in [2.45, 2.75) is 32.7 Å². The van der Waals surface area contributed by atoms with Gasteiger partial charge in [-0.2, -0.15) is 0 Å². The zero-order chi connectivity index (χ0) is 16.0. The number of rotatable bonds is 6. The van der Waals surface area contributed by atoms with Crippen LogP contribution in [0.3, 0.4) is 0 Å². The number of amides is 1. The fraction of sp³-hybridized carbons (Fsp3) is 0.500. The van der Waals surface area contributed by atoms with Crippen molar-refractivity contribution in [1.29, 1.82) is 0 Å². The topological polar surface area (TPSA) is 93.5 Å². The highest BCUT2D eigenvalue weighted by atomic mass is 16.6. The van der Waals surface area contributed by atoms with Crippen LogP contribution in [-0.4, -0.2) is 30.0 Å². The second-order valence-electron chi connectivity index (χ2n) is 5.62. The van der Waals surface area contributed by atoms with Gasteiger partial charge in [0.05, 0.1) is 18.1 Å². The molecule has 7 heteroatoms. The molecule has 0 fully saturated rings. The van der Waals surface area contributed by atoms with Crippen LogP contribution >= 0.6 is 0 Å². The Morgan fingerprint density at radius 1 is 1.38 bits per heavy atom.